The molecule has 0 saturated heterocycles. The molecule has 17 heavy (non-hydrogen) atoms. The molecular formula is C15H22ClN. The van der Waals surface area contributed by atoms with Gasteiger partial charge in [-0.15, -0.1) is 11.6 Å². The predicted molar refractivity (Wildman–Crippen MR) is 74.7 cm³/mol. The summed E-state index contributed by atoms with van der Waals surface area (Å²) in [6.07, 6.45) is 4.76. The average molecular weight is 252 g/mol. The molecule has 2 rings (SSSR count). The molecule has 1 N–H and O–H groups in total. The molecule has 0 radical (unpaired) electrons. The van der Waals surface area contributed by atoms with Crippen LogP contribution in [0.15, 0.2) is 18.2 Å². The lowest BCUT2D eigenvalue weighted by Crippen LogP contribution is -2.33. The van der Waals surface area contributed by atoms with E-state index in [0.717, 1.165) is 19.4 Å². The highest BCUT2D eigenvalue weighted by molar-refractivity contribution is 6.20. The van der Waals surface area contributed by atoms with E-state index < -0.39 is 0 Å². The second-order valence-electron chi connectivity index (χ2n) is 5.26. The van der Waals surface area contributed by atoms with Crippen LogP contribution in [0.2, 0.25) is 0 Å². The van der Waals surface area contributed by atoms with E-state index in [4.69, 9.17) is 11.6 Å². The molecule has 0 atom stereocenters. The van der Waals surface area contributed by atoms with Crippen LogP contribution in [0.4, 0.5) is 0 Å². The lowest BCUT2D eigenvalue weighted by molar-refractivity contribution is 0.376. The summed E-state index contributed by atoms with van der Waals surface area (Å²) in [5, 5.41) is 4.08. The summed E-state index contributed by atoms with van der Waals surface area (Å²) >= 11 is 6.12. The Morgan fingerprint density at radius 1 is 1.18 bits per heavy atom. The summed E-state index contributed by atoms with van der Waals surface area (Å²) in [6.45, 7) is 5.33. The molecule has 1 aliphatic rings. The van der Waals surface area contributed by atoms with Gasteiger partial charge < -0.3 is 5.32 Å². The molecule has 0 aromatic heterocycles. The molecular weight excluding hydrogens is 230 g/mol. The molecule has 0 spiro atoms. The average Bonchev–Trinajstić information content (AvgIpc) is 2.32. The first-order valence-corrected chi connectivity index (χ1v) is 7.02. The monoisotopic (exact) mass is 251 g/mol. The molecule has 1 aliphatic carbocycles. The number of hydrogen-bond donors (Lipinski definition) is 1. The van der Waals surface area contributed by atoms with E-state index in [9.17, 15) is 0 Å². The zero-order valence-corrected chi connectivity index (χ0v) is 11.6. The van der Waals surface area contributed by atoms with Crippen LogP contribution in [-0.4, -0.2) is 11.4 Å². The minimum Gasteiger partial charge on any atom is -0.310 e. The van der Waals surface area contributed by atoms with Crippen molar-refractivity contribution in [3.8, 4) is 0 Å². The molecule has 1 nitrogen and oxygen atoms in total. The summed E-state index contributed by atoms with van der Waals surface area (Å²) in [7, 11) is 0. The van der Waals surface area contributed by atoms with Crippen molar-refractivity contribution in [1.29, 1.82) is 0 Å². The van der Waals surface area contributed by atoms with Crippen LogP contribution in [0, 0.1) is 13.8 Å². The number of hydrogen-bond acceptors (Lipinski definition) is 1. The van der Waals surface area contributed by atoms with Gasteiger partial charge in [0.15, 0.2) is 0 Å². The van der Waals surface area contributed by atoms with Gasteiger partial charge in [0.05, 0.1) is 0 Å². The van der Waals surface area contributed by atoms with Crippen molar-refractivity contribution in [3.63, 3.8) is 0 Å². The van der Waals surface area contributed by atoms with Crippen LogP contribution in [0.1, 0.15) is 42.4 Å². The van der Waals surface area contributed by atoms with Gasteiger partial charge in [-0.1, -0.05) is 23.8 Å². The number of benzene rings is 1. The first kappa shape index (κ1) is 12.9. The van der Waals surface area contributed by atoms with Crippen molar-refractivity contribution in [1.82, 2.24) is 5.32 Å². The Morgan fingerprint density at radius 3 is 2.59 bits per heavy atom. The molecule has 1 aromatic rings. The fraction of sp³-hybridized carbons (Fsp3) is 0.600. The van der Waals surface area contributed by atoms with Crippen LogP contribution in [0.3, 0.4) is 0 Å². The van der Waals surface area contributed by atoms with E-state index in [0.29, 0.717) is 11.4 Å². The lowest BCUT2D eigenvalue weighted by atomic mass is 9.94. The first-order chi connectivity index (χ1) is 8.15. The zero-order chi connectivity index (χ0) is 12.3. The fourth-order valence-electron chi connectivity index (χ4n) is 2.50. The first-order valence-electron chi connectivity index (χ1n) is 6.59. The van der Waals surface area contributed by atoms with Gasteiger partial charge in [-0.25, -0.2) is 0 Å². The zero-order valence-electron chi connectivity index (χ0n) is 10.8. The van der Waals surface area contributed by atoms with Gasteiger partial charge in [0, 0.05) is 18.0 Å². The van der Waals surface area contributed by atoms with E-state index in [1.54, 1.807) is 0 Å². The molecule has 0 bridgehead atoms. The molecule has 0 amide bonds. The molecule has 1 fully saturated rings. The normalized spacial score (nSPS) is 24.9. The van der Waals surface area contributed by atoms with Gasteiger partial charge in [-0.2, -0.15) is 0 Å². The highest BCUT2D eigenvalue weighted by Crippen LogP contribution is 2.23. The topological polar surface area (TPSA) is 12.0 Å². The molecule has 0 aliphatic heterocycles. The summed E-state index contributed by atoms with van der Waals surface area (Å²) in [6, 6.07) is 7.33. The summed E-state index contributed by atoms with van der Waals surface area (Å²) < 4.78 is 0. The van der Waals surface area contributed by atoms with E-state index in [1.807, 2.05) is 0 Å². The summed E-state index contributed by atoms with van der Waals surface area (Å²) in [4.78, 5) is 0. The van der Waals surface area contributed by atoms with Crippen LogP contribution in [0.25, 0.3) is 0 Å². The van der Waals surface area contributed by atoms with E-state index in [2.05, 4.69) is 37.4 Å². The minimum atomic E-state index is 0.411. The number of alkyl halides is 1. The van der Waals surface area contributed by atoms with Crippen molar-refractivity contribution >= 4 is 11.6 Å². The Labute approximate surface area is 110 Å². The second-order valence-corrected chi connectivity index (χ2v) is 5.88. The van der Waals surface area contributed by atoms with Crippen molar-refractivity contribution in [2.45, 2.75) is 57.5 Å². The van der Waals surface area contributed by atoms with Crippen molar-refractivity contribution in [2.75, 3.05) is 0 Å². The Kier molecular flexibility index (Phi) is 4.47. The smallest absolute Gasteiger partial charge is 0.0337 e. The molecule has 0 unspecified atom stereocenters. The van der Waals surface area contributed by atoms with Gasteiger partial charge >= 0.3 is 0 Å². The largest absolute Gasteiger partial charge is 0.310 e. The summed E-state index contributed by atoms with van der Waals surface area (Å²) in [5.41, 5.74) is 4.16. The summed E-state index contributed by atoms with van der Waals surface area (Å²) in [5.74, 6) is 0. The van der Waals surface area contributed by atoms with E-state index in [-0.39, 0.29) is 0 Å². The van der Waals surface area contributed by atoms with Gasteiger partial charge in [0.2, 0.25) is 0 Å². The van der Waals surface area contributed by atoms with E-state index >= 15 is 0 Å². The Hall–Kier alpha value is -0.530. The predicted octanol–water partition coefficient (Wildman–Crippen LogP) is 3.94. The van der Waals surface area contributed by atoms with Crippen LogP contribution < -0.4 is 5.32 Å². The van der Waals surface area contributed by atoms with Crippen LogP contribution in [0.5, 0.6) is 0 Å². The molecule has 2 heteroatoms. The third-order valence-electron chi connectivity index (χ3n) is 3.74. The maximum absolute atomic E-state index is 6.12. The van der Waals surface area contributed by atoms with Gasteiger partial charge in [0.1, 0.15) is 0 Å². The molecule has 1 aromatic carbocycles. The molecule has 94 valence electrons. The van der Waals surface area contributed by atoms with E-state index in [1.165, 1.54) is 29.5 Å². The Bertz CT molecular complexity index is 367. The van der Waals surface area contributed by atoms with Crippen LogP contribution in [-0.2, 0) is 6.54 Å². The SMILES string of the molecule is Cc1ccc(C)c(CNC2CCC(Cl)CC2)c1. The van der Waals surface area contributed by atoms with Gasteiger partial charge in [-0.3, -0.25) is 0 Å². The standard InChI is InChI=1S/C15H22ClN/c1-11-3-4-12(2)13(9-11)10-17-15-7-5-14(16)6-8-15/h3-4,9,14-15,17H,5-8,10H2,1-2H3. The third kappa shape index (κ3) is 3.72. The van der Waals surface area contributed by atoms with Crippen molar-refractivity contribution < 1.29 is 0 Å². The van der Waals surface area contributed by atoms with Crippen molar-refractivity contribution in [2.24, 2.45) is 0 Å². The second kappa shape index (κ2) is 5.88. The molecule has 1 saturated carbocycles. The number of halogens is 1. The highest BCUT2D eigenvalue weighted by atomic mass is 35.5. The Balaban J connectivity index is 1.87. The maximum Gasteiger partial charge on any atom is 0.0337 e. The third-order valence-corrected chi connectivity index (χ3v) is 4.18. The fourth-order valence-corrected chi connectivity index (χ4v) is 2.75. The number of rotatable bonds is 3. The van der Waals surface area contributed by atoms with Crippen LogP contribution >= 0.6 is 11.6 Å². The quantitative estimate of drug-likeness (QED) is 0.803. The number of nitrogens with one attached hydrogen (secondary N) is 1. The lowest BCUT2D eigenvalue weighted by Gasteiger charge is -2.26. The highest BCUT2D eigenvalue weighted by Gasteiger charge is 2.18. The minimum absolute atomic E-state index is 0.411. The molecule has 0 heterocycles. The Morgan fingerprint density at radius 2 is 1.88 bits per heavy atom. The van der Waals surface area contributed by atoms with Gasteiger partial charge in [0.25, 0.3) is 0 Å². The number of aryl methyl sites for hydroxylation is 2. The van der Waals surface area contributed by atoms with Gasteiger partial charge in [-0.05, 0) is 50.7 Å². The van der Waals surface area contributed by atoms with Crippen molar-refractivity contribution in [3.05, 3.63) is 34.9 Å². The maximum atomic E-state index is 6.12.